The lowest BCUT2D eigenvalue weighted by Crippen LogP contribution is -2.60. The maximum absolute atomic E-state index is 13.1. The van der Waals surface area contributed by atoms with Gasteiger partial charge in [-0.1, -0.05) is 50.6 Å². The van der Waals surface area contributed by atoms with Gasteiger partial charge in [0, 0.05) is 31.1 Å². The van der Waals surface area contributed by atoms with Crippen molar-refractivity contribution in [1.29, 1.82) is 0 Å². The van der Waals surface area contributed by atoms with E-state index in [1.54, 1.807) is 45.9 Å². The fourth-order valence-electron chi connectivity index (χ4n) is 4.90. The molecule has 41 heavy (non-hydrogen) atoms. The van der Waals surface area contributed by atoms with Crippen LogP contribution in [0.4, 0.5) is 0 Å². The first-order valence-corrected chi connectivity index (χ1v) is 13.6. The summed E-state index contributed by atoms with van der Waals surface area (Å²) in [6, 6.07) is 0. The third kappa shape index (κ3) is 8.14. The zero-order valence-corrected chi connectivity index (χ0v) is 24.5. The number of nitrogens with one attached hydrogen (secondary N) is 2. The van der Waals surface area contributed by atoms with Gasteiger partial charge in [-0.3, -0.25) is 19.2 Å². The summed E-state index contributed by atoms with van der Waals surface area (Å²) in [6.45, 7) is 12.7. The Labute approximate surface area is 240 Å². The number of fused-ring (bicyclic) bond motifs is 4. The van der Waals surface area contributed by atoms with Crippen LogP contribution < -0.4 is 10.6 Å². The highest BCUT2D eigenvalue weighted by Gasteiger charge is 2.44. The van der Waals surface area contributed by atoms with E-state index in [9.17, 15) is 24.3 Å². The zero-order chi connectivity index (χ0) is 30.5. The molecule has 222 valence electrons. The minimum Gasteiger partial charge on any atom is -0.476 e. The molecule has 3 aliphatic rings. The molecule has 0 aromatic heterocycles. The molecule has 10 heteroatoms. The van der Waals surface area contributed by atoms with Crippen LogP contribution >= 0.6 is 0 Å². The van der Waals surface area contributed by atoms with Gasteiger partial charge >= 0.3 is 5.97 Å². The number of rotatable bonds is 3. The van der Waals surface area contributed by atoms with Crippen LogP contribution in [0.25, 0.3) is 0 Å². The number of allylic oxidation sites excluding steroid dienone is 6. The number of amides is 1. The summed E-state index contributed by atoms with van der Waals surface area (Å²) in [4.78, 5) is 51.1. The Kier molecular flexibility index (Phi) is 10.3. The monoisotopic (exact) mass is 568 g/mol. The second-order valence-corrected chi connectivity index (χ2v) is 11.1. The van der Waals surface area contributed by atoms with Gasteiger partial charge < -0.3 is 30.0 Å². The van der Waals surface area contributed by atoms with Crippen molar-refractivity contribution in [2.45, 2.75) is 77.9 Å². The Hall–Kier alpha value is -3.76. The van der Waals surface area contributed by atoms with Crippen molar-refractivity contribution in [1.82, 2.24) is 10.6 Å². The number of ketones is 2. The molecule has 5 unspecified atom stereocenters. The van der Waals surface area contributed by atoms with Crippen molar-refractivity contribution in [2.24, 2.45) is 11.8 Å². The summed E-state index contributed by atoms with van der Waals surface area (Å²) in [5, 5.41) is 17.0. The molecule has 0 spiro atoms. The zero-order valence-electron chi connectivity index (χ0n) is 24.5. The second kappa shape index (κ2) is 13.3. The number of Topliss-reactive ketones (excluding diaryl/α,β-unsaturated/α-hetero) is 1. The molecule has 0 radical (unpaired) electrons. The number of aliphatic hydroxyl groups is 1. The molecule has 1 fully saturated rings. The highest BCUT2D eigenvalue weighted by atomic mass is 16.5. The van der Waals surface area contributed by atoms with E-state index in [1.807, 2.05) is 13.0 Å². The molecule has 3 rings (SSSR count). The summed E-state index contributed by atoms with van der Waals surface area (Å²) in [5.41, 5.74) is -0.107. The SMILES string of the molecule is C=C1NC2(O)CC(O1)C(C)/C=C(\C)C(OC(=O)C(C)C)CC(=O)NC1=CC(=O)C=C(C/C(C)=C/C=C/C2OC)C1=O. The molecular formula is C31H40N2O8. The quantitative estimate of drug-likeness (QED) is 0.266. The number of carbonyl (C=O) groups is 4. The maximum atomic E-state index is 13.1. The molecule has 2 heterocycles. The van der Waals surface area contributed by atoms with E-state index >= 15 is 0 Å². The Morgan fingerprint density at radius 1 is 1.22 bits per heavy atom. The first-order valence-electron chi connectivity index (χ1n) is 13.6. The molecule has 0 aromatic rings. The average Bonchev–Trinajstić information content (AvgIpc) is 2.87. The summed E-state index contributed by atoms with van der Waals surface area (Å²) in [6.07, 6.45) is 7.09. The average molecular weight is 569 g/mol. The van der Waals surface area contributed by atoms with Gasteiger partial charge in [-0.15, -0.1) is 0 Å². The van der Waals surface area contributed by atoms with Gasteiger partial charge in [-0.05, 0) is 38.5 Å². The minimum absolute atomic E-state index is 0.129. The fraction of sp³-hybridized carbons (Fsp3) is 0.484. The van der Waals surface area contributed by atoms with Crippen molar-refractivity contribution in [2.75, 3.05) is 7.11 Å². The molecule has 0 aromatic carbocycles. The Balaban J connectivity index is 2.05. The van der Waals surface area contributed by atoms with Crippen molar-refractivity contribution < 1.29 is 38.5 Å². The fourth-order valence-corrected chi connectivity index (χ4v) is 4.90. The normalized spacial score (nSPS) is 33.2. The number of esters is 1. The lowest BCUT2D eigenvalue weighted by atomic mass is 9.88. The van der Waals surface area contributed by atoms with E-state index in [-0.39, 0.29) is 42.3 Å². The van der Waals surface area contributed by atoms with Gasteiger partial charge in [0.2, 0.25) is 11.7 Å². The van der Waals surface area contributed by atoms with Crippen molar-refractivity contribution in [3.05, 3.63) is 71.3 Å². The molecule has 1 saturated heterocycles. The van der Waals surface area contributed by atoms with Gasteiger partial charge in [0.05, 0.1) is 18.0 Å². The van der Waals surface area contributed by atoms with E-state index in [0.29, 0.717) is 5.57 Å². The third-order valence-corrected chi connectivity index (χ3v) is 7.16. The summed E-state index contributed by atoms with van der Waals surface area (Å²) in [7, 11) is 1.48. The van der Waals surface area contributed by atoms with Gasteiger partial charge in [0.1, 0.15) is 18.3 Å². The predicted molar refractivity (Wildman–Crippen MR) is 152 cm³/mol. The Morgan fingerprint density at radius 2 is 1.93 bits per heavy atom. The lowest BCUT2D eigenvalue weighted by molar-refractivity contribution is -0.154. The van der Waals surface area contributed by atoms with E-state index in [4.69, 9.17) is 14.2 Å². The third-order valence-electron chi connectivity index (χ3n) is 7.16. The van der Waals surface area contributed by atoms with E-state index in [0.717, 1.165) is 11.6 Å². The molecule has 3 N–H and O–H groups in total. The number of ether oxygens (including phenoxy) is 3. The van der Waals surface area contributed by atoms with Crippen LogP contribution in [0.5, 0.6) is 0 Å². The topological polar surface area (TPSA) is 140 Å². The van der Waals surface area contributed by atoms with Crippen molar-refractivity contribution >= 4 is 23.4 Å². The Bertz CT molecular complexity index is 1250. The van der Waals surface area contributed by atoms with Gasteiger partial charge in [0.25, 0.3) is 0 Å². The standard InChI is InChI=1S/C31H40N2O8/c1-17(2)30(37)41-25-15-28(35)32-24-14-23(34)13-22(29(24)36)11-18(3)9-8-10-27(39-7)31(38)16-26(40-21(6)33-31)20(5)12-19(25)4/h8-10,12-14,17,20,25-27,33,38H,6,11,15-16H2,1-5,7H3,(H,32,35)/b10-8+,18-9+,19-12+. The molecule has 0 saturated carbocycles. The van der Waals surface area contributed by atoms with E-state index in [2.05, 4.69) is 17.2 Å². The molecule has 2 aliphatic heterocycles. The van der Waals surface area contributed by atoms with Crippen LogP contribution in [0.1, 0.15) is 53.9 Å². The smallest absolute Gasteiger partial charge is 0.308 e. The minimum atomic E-state index is -1.55. The number of hydrogen-bond acceptors (Lipinski definition) is 9. The van der Waals surface area contributed by atoms with Crippen LogP contribution in [-0.4, -0.2) is 59.7 Å². The molecule has 1 amide bonds. The van der Waals surface area contributed by atoms with Crippen LogP contribution in [0.15, 0.2) is 71.3 Å². The van der Waals surface area contributed by atoms with Crippen LogP contribution in [0, 0.1) is 11.8 Å². The second-order valence-electron chi connectivity index (χ2n) is 11.1. The van der Waals surface area contributed by atoms with E-state index < -0.39 is 53.4 Å². The van der Waals surface area contributed by atoms with Gasteiger partial charge in [-0.25, -0.2) is 0 Å². The Morgan fingerprint density at radius 3 is 2.59 bits per heavy atom. The van der Waals surface area contributed by atoms with Gasteiger partial charge in [0.15, 0.2) is 17.4 Å². The molecule has 5 atom stereocenters. The number of methoxy groups -OCH3 is 1. The van der Waals surface area contributed by atoms with Gasteiger partial charge in [-0.2, -0.15) is 0 Å². The van der Waals surface area contributed by atoms with Crippen LogP contribution in [0.3, 0.4) is 0 Å². The summed E-state index contributed by atoms with van der Waals surface area (Å²) in [5.74, 6) is -2.53. The van der Waals surface area contributed by atoms with Crippen LogP contribution in [-0.2, 0) is 33.4 Å². The molecular weight excluding hydrogens is 528 g/mol. The van der Waals surface area contributed by atoms with E-state index in [1.165, 1.54) is 13.2 Å². The summed E-state index contributed by atoms with van der Waals surface area (Å²) < 4.78 is 17.2. The van der Waals surface area contributed by atoms with Crippen molar-refractivity contribution in [3.63, 3.8) is 0 Å². The highest BCUT2D eigenvalue weighted by Crippen LogP contribution is 2.32. The number of carbonyl (C=O) groups excluding carboxylic acids is 4. The maximum Gasteiger partial charge on any atom is 0.308 e. The first-order chi connectivity index (χ1) is 19.2. The largest absolute Gasteiger partial charge is 0.476 e. The molecule has 1 aliphatic carbocycles. The highest BCUT2D eigenvalue weighted by molar-refractivity contribution is 6.21. The van der Waals surface area contributed by atoms with Crippen molar-refractivity contribution in [3.8, 4) is 0 Å². The first kappa shape index (κ1) is 31.8. The van der Waals surface area contributed by atoms with Crippen LogP contribution in [0.2, 0.25) is 0 Å². The predicted octanol–water partition coefficient (Wildman–Crippen LogP) is 3.06. The summed E-state index contributed by atoms with van der Waals surface area (Å²) >= 11 is 0. The molecule has 10 nitrogen and oxygen atoms in total. The lowest BCUT2D eigenvalue weighted by Gasteiger charge is -2.44. The molecule has 4 bridgehead atoms. The number of hydrogen-bond donors (Lipinski definition) is 3.